The average Bonchev–Trinajstić information content (AvgIpc) is 3.33. The van der Waals surface area contributed by atoms with Crippen molar-refractivity contribution in [2.75, 3.05) is 18.4 Å². The van der Waals surface area contributed by atoms with Crippen molar-refractivity contribution in [2.24, 2.45) is 7.05 Å². The second kappa shape index (κ2) is 9.99. The van der Waals surface area contributed by atoms with Gasteiger partial charge in [-0.15, -0.1) is 5.10 Å². The highest BCUT2D eigenvalue weighted by Crippen LogP contribution is 2.24. The van der Waals surface area contributed by atoms with Gasteiger partial charge in [-0.2, -0.15) is 5.26 Å². The molecule has 1 saturated heterocycles. The summed E-state index contributed by atoms with van der Waals surface area (Å²) in [4.78, 5) is 42.7. The Morgan fingerprint density at radius 1 is 1.03 bits per heavy atom. The van der Waals surface area contributed by atoms with E-state index in [-0.39, 0.29) is 29.0 Å². The zero-order valence-electron chi connectivity index (χ0n) is 20.2. The molecule has 1 fully saturated rings. The van der Waals surface area contributed by atoms with Crippen LogP contribution in [0.1, 0.15) is 24.4 Å². The van der Waals surface area contributed by atoms with Crippen molar-refractivity contribution in [1.82, 2.24) is 24.2 Å². The average molecular weight is 496 g/mol. The summed E-state index contributed by atoms with van der Waals surface area (Å²) < 4.78 is 2.87. The zero-order valence-corrected chi connectivity index (χ0v) is 20.2. The first-order valence-electron chi connectivity index (χ1n) is 11.9. The SMILES string of the molecule is Cn1cc(-c2cccc(C#N)c2)cc(NC(=O)N2CCC(n3nc(-c4ccccc4)[nH]c3=O)CC2)c1=O. The Kier molecular flexibility index (Phi) is 6.43. The third-order valence-corrected chi connectivity index (χ3v) is 6.54. The van der Waals surface area contributed by atoms with Gasteiger partial charge < -0.3 is 14.8 Å². The lowest BCUT2D eigenvalue weighted by Crippen LogP contribution is -2.43. The van der Waals surface area contributed by atoms with Crippen molar-refractivity contribution < 1.29 is 4.79 Å². The summed E-state index contributed by atoms with van der Waals surface area (Å²) in [6.07, 6.45) is 2.79. The van der Waals surface area contributed by atoms with Gasteiger partial charge in [0.25, 0.3) is 5.56 Å². The number of amides is 2. The number of pyridine rings is 1. The van der Waals surface area contributed by atoms with Crippen LogP contribution in [0.25, 0.3) is 22.5 Å². The number of hydrogen-bond donors (Lipinski definition) is 2. The molecular formula is C27H25N7O3. The molecule has 0 unspecified atom stereocenters. The predicted octanol–water partition coefficient (Wildman–Crippen LogP) is 3.34. The number of benzene rings is 2. The second-order valence-corrected chi connectivity index (χ2v) is 8.99. The highest BCUT2D eigenvalue weighted by molar-refractivity contribution is 5.90. The smallest absolute Gasteiger partial charge is 0.324 e. The number of hydrogen-bond acceptors (Lipinski definition) is 5. The number of urea groups is 1. The number of carbonyl (C=O) groups excluding carboxylic acids is 1. The van der Waals surface area contributed by atoms with E-state index in [9.17, 15) is 19.6 Å². The molecule has 0 bridgehead atoms. The molecule has 10 heteroatoms. The van der Waals surface area contributed by atoms with Gasteiger partial charge in [0.15, 0.2) is 5.82 Å². The molecule has 5 rings (SSSR count). The number of carbonyl (C=O) groups is 1. The molecule has 2 aromatic heterocycles. The standard InChI is InChI=1S/C27H25N7O3/c1-32-17-21(20-9-5-6-18(14-20)16-28)15-23(25(32)35)29-26(36)33-12-10-22(11-13-33)34-27(37)30-24(31-34)19-7-3-2-4-8-19/h2-9,14-15,17,22H,10-13H2,1H3,(H,29,36)(H,30,31,37). The van der Waals surface area contributed by atoms with Crippen LogP contribution in [0.15, 0.2) is 76.4 Å². The minimum Gasteiger partial charge on any atom is -0.324 e. The number of H-pyrrole nitrogens is 1. The topological polar surface area (TPSA) is 129 Å². The van der Waals surface area contributed by atoms with Crippen molar-refractivity contribution >= 4 is 11.7 Å². The van der Waals surface area contributed by atoms with Crippen LogP contribution in [0.3, 0.4) is 0 Å². The first kappa shape index (κ1) is 23.8. The molecule has 0 saturated carbocycles. The fraction of sp³-hybridized carbons (Fsp3) is 0.222. The molecule has 0 atom stereocenters. The Bertz CT molecular complexity index is 1600. The summed E-state index contributed by atoms with van der Waals surface area (Å²) in [6.45, 7) is 0.835. The van der Waals surface area contributed by atoms with Crippen molar-refractivity contribution in [3.8, 4) is 28.6 Å². The molecule has 2 N–H and O–H groups in total. The number of piperidine rings is 1. The molecule has 0 aliphatic carbocycles. The van der Waals surface area contributed by atoms with E-state index in [1.807, 2.05) is 36.4 Å². The summed E-state index contributed by atoms with van der Waals surface area (Å²) in [5, 5.41) is 16.4. The third kappa shape index (κ3) is 4.92. The van der Waals surface area contributed by atoms with Crippen LogP contribution in [0, 0.1) is 11.3 Å². The Morgan fingerprint density at radius 3 is 2.49 bits per heavy atom. The Labute approximate surface area is 212 Å². The zero-order chi connectivity index (χ0) is 25.9. The fourth-order valence-electron chi connectivity index (χ4n) is 4.55. The lowest BCUT2D eigenvalue weighted by Gasteiger charge is -2.31. The van der Waals surface area contributed by atoms with Crippen LogP contribution in [0.2, 0.25) is 0 Å². The summed E-state index contributed by atoms with van der Waals surface area (Å²) in [5.41, 5.74) is 2.36. The predicted molar refractivity (Wildman–Crippen MR) is 139 cm³/mol. The monoisotopic (exact) mass is 495 g/mol. The molecule has 2 aromatic carbocycles. The van der Waals surface area contributed by atoms with Crippen LogP contribution in [-0.2, 0) is 7.05 Å². The van der Waals surface area contributed by atoms with Gasteiger partial charge in [0, 0.05) is 37.5 Å². The van der Waals surface area contributed by atoms with E-state index in [1.54, 1.807) is 42.4 Å². The molecule has 186 valence electrons. The van der Waals surface area contributed by atoms with Crippen molar-refractivity contribution in [1.29, 1.82) is 5.26 Å². The Morgan fingerprint density at radius 2 is 1.76 bits per heavy atom. The number of rotatable bonds is 4. The normalized spacial score (nSPS) is 13.8. The maximum absolute atomic E-state index is 13.0. The maximum Gasteiger partial charge on any atom is 0.343 e. The van der Waals surface area contributed by atoms with E-state index in [4.69, 9.17) is 0 Å². The van der Waals surface area contributed by atoms with Gasteiger partial charge in [-0.05, 0) is 36.6 Å². The number of nitrogens with one attached hydrogen (secondary N) is 2. The molecule has 3 heterocycles. The number of nitrogens with zero attached hydrogens (tertiary/aromatic N) is 5. The first-order chi connectivity index (χ1) is 17.9. The third-order valence-electron chi connectivity index (χ3n) is 6.54. The second-order valence-electron chi connectivity index (χ2n) is 8.99. The van der Waals surface area contributed by atoms with Gasteiger partial charge in [-0.3, -0.25) is 9.78 Å². The molecule has 0 spiro atoms. The van der Waals surface area contributed by atoms with Crippen molar-refractivity contribution in [3.05, 3.63) is 93.3 Å². The van der Waals surface area contributed by atoms with E-state index < -0.39 is 0 Å². The van der Waals surface area contributed by atoms with Gasteiger partial charge in [-0.1, -0.05) is 42.5 Å². The minimum absolute atomic E-state index is 0.131. The van der Waals surface area contributed by atoms with E-state index in [2.05, 4.69) is 21.5 Å². The summed E-state index contributed by atoms with van der Waals surface area (Å²) in [5.74, 6) is 0.516. The Balaban J connectivity index is 1.28. The van der Waals surface area contributed by atoms with Crippen LogP contribution in [-0.4, -0.2) is 43.4 Å². The minimum atomic E-state index is -0.377. The highest BCUT2D eigenvalue weighted by Gasteiger charge is 2.26. The quantitative estimate of drug-likeness (QED) is 0.449. The number of aromatic amines is 1. The van der Waals surface area contributed by atoms with Gasteiger partial charge in [-0.25, -0.2) is 14.3 Å². The molecule has 2 amide bonds. The summed E-state index contributed by atoms with van der Waals surface area (Å²) in [7, 11) is 1.62. The Hall–Kier alpha value is -4.91. The van der Waals surface area contributed by atoms with Crippen molar-refractivity contribution in [3.63, 3.8) is 0 Å². The highest BCUT2D eigenvalue weighted by atomic mass is 16.2. The summed E-state index contributed by atoms with van der Waals surface area (Å²) >= 11 is 0. The summed E-state index contributed by atoms with van der Waals surface area (Å²) in [6, 6.07) is 19.7. The fourth-order valence-corrected chi connectivity index (χ4v) is 4.55. The molecule has 4 aromatic rings. The molecule has 37 heavy (non-hydrogen) atoms. The number of aromatic nitrogens is 4. The lowest BCUT2D eigenvalue weighted by molar-refractivity contribution is 0.179. The van der Waals surface area contributed by atoms with Crippen LogP contribution < -0.4 is 16.6 Å². The maximum atomic E-state index is 13.0. The largest absolute Gasteiger partial charge is 0.343 e. The number of nitriles is 1. The van der Waals surface area contributed by atoms with Gasteiger partial charge in [0.05, 0.1) is 17.7 Å². The molecular weight excluding hydrogens is 470 g/mol. The molecule has 0 radical (unpaired) electrons. The van der Waals surface area contributed by atoms with Crippen molar-refractivity contribution in [2.45, 2.75) is 18.9 Å². The molecule has 10 nitrogen and oxygen atoms in total. The number of likely N-dealkylation sites (tertiary alicyclic amines) is 1. The first-order valence-corrected chi connectivity index (χ1v) is 11.9. The van der Waals surface area contributed by atoms with Gasteiger partial charge >= 0.3 is 11.7 Å². The number of aryl methyl sites for hydroxylation is 1. The van der Waals surface area contributed by atoms with Gasteiger partial charge in [0.1, 0.15) is 5.69 Å². The van der Waals surface area contributed by atoms with E-state index in [1.165, 1.54) is 9.25 Å². The van der Waals surface area contributed by atoms with Crippen LogP contribution >= 0.6 is 0 Å². The van der Waals surface area contributed by atoms with E-state index in [0.29, 0.717) is 42.9 Å². The van der Waals surface area contributed by atoms with Crippen LogP contribution in [0.5, 0.6) is 0 Å². The molecule has 1 aliphatic heterocycles. The van der Waals surface area contributed by atoms with Gasteiger partial charge in [0.2, 0.25) is 0 Å². The lowest BCUT2D eigenvalue weighted by atomic mass is 10.0. The van der Waals surface area contributed by atoms with E-state index >= 15 is 0 Å². The van der Waals surface area contributed by atoms with Crippen LogP contribution in [0.4, 0.5) is 10.5 Å². The van der Waals surface area contributed by atoms with E-state index in [0.717, 1.165) is 11.1 Å². The number of anilines is 1. The molecule has 1 aliphatic rings.